The highest BCUT2D eigenvalue weighted by molar-refractivity contribution is 5.87. The van der Waals surface area contributed by atoms with E-state index < -0.39 is 0 Å². The Balaban J connectivity index is 1.63. The van der Waals surface area contributed by atoms with Crippen molar-refractivity contribution >= 4 is 17.4 Å². The molecule has 1 aliphatic heterocycles. The second-order valence-electron chi connectivity index (χ2n) is 8.60. The van der Waals surface area contributed by atoms with Gasteiger partial charge >= 0.3 is 0 Å². The van der Waals surface area contributed by atoms with Crippen LogP contribution >= 0.6 is 0 Å². The molecule has 2 aliphatic rings. The third-order valence-corrected chi connectivity index (χ3v) is 6.24. The molecule has 4 rings (SSSR count). The highest BCUT2D eigenvalue weighted by Gasteiger charge is 2.33. The molecule has 0 aromatic carbocycles. The summed E-state index contributed by atoms with van der Waals surface area (Å²) < 4.78 is 0. The maximum atomic E-state index is 12.9. The topological polar surface area (TPSA) is 107 Å². The van der Waals surface area contributed by atoms with Gasteiger partial charge in [-0.3, -0.25) is 9.59 Å². The molecular weight excluding hydrogens is 404 g/mol. The molecule has 1 saturated carbocycles. The van der Waals surface area contributed by atoms with Crippen molar-refractivity contribution in [3.05, 3.63) is 53.1 Å². The summed E-state index contributed by atoms with van der Waals surface area (Å²) in [5.74, 6) is 1.38. The van der Waals surface area contributed by atoms with E-state index in [9.17, 15) is 9.59 Å². The van der Waals surface area contributed by atoms with E-state index >= 15 is 0 Å². The molecule has 0 bridgehead atoms. The Labute approximate surface area is 188 Å². The monoisotopic (exact) mass is 436 g/mol. The molecule has 4 N–H and O–H groups in total. The number of nitrogens with zero attached hydrogens (tertiary/aromatic N) is 3. The lowest BCUT2D eigenvalue weighted by molar-refractivity contribution is -0.127. The van der Waals surface area contributed by atoms with Crippen LogP contribution in [0, 0.1) is 5.92 Å². The molecular formula is C24H32N6O2. The van der Waals surface area contributed by atoms with E-state index in [0.717, 1.165) is 42.9 Å². The number of H-pyrrole nitrogens is 1. The van der Waals surface area contributed by atoms with Gasteiger partial charge in [0.05, 0.1) is 0 Å². The molecule has 1 saturated heterocycles. The van der Waals surface area contributed by atoms with E-state index in [-0.39, 0.29) is 17.5 Å². The van der Waals surface area contributed by atoms with Gasteiger partial charge in [0.15, 0.2) is 0 Å². The molecule has 3 heterocycles. The Morgan fingerprint density at radius 1 is 1.34 bits per heavy atom. The van der Waals surface area contributed by atoms with E-state index in [1.807, 2.05) is 30.1 Å². The minimum absolute atomic E-state index is 0.00874. The maximum absolute atomic E-state index is 12.9. The predicted molar refractivity (Wildman–Crippen MR) is 128 cm³/mol. The van der Waals surface area contributed by atoms with E-state index in [0.29, 0.717) is 24.7 Å². The smallest absolute Gasteiger partial charge is 0.271 e. The van der Waals surface area contributed by atoms with Crippen molar-refractivity contribution in [3.63, 3.8) is 0 Å². The quantitative estimate of drug-likeness (QED) is 0.548. The van der Waals surface area contributed by atoms with Crippen LogP contribution in [0.5, 0.6) is 0 Å². The Morgan fingerprint density at radius 2 is 2.19 bits per heavy atom. The zero-order valence-electron chi connectivity index (χ0n) is 18.6. The molecule has 1 aliphatic carbocycles. The number of aromatic amines is 1. The van der Waals surface area contributed by atoms with Crippen molar-refractivity contribution in [2.45, 2.75) is 31.7 Å². The van der Waals surface area contributed by atoms with Gasteiger partial charge in [-0.25, -0.2) is 4.98 Å². The first-order valence-electron chi connectivity index (χ1n) is 11.4. The lowest BCUT2D eigenvalue weighted by Gasteiger charge is -2.40. The molecule has 8 nitrogen and oxygen atoms in total. The summed E-state index contributed by atoms with van der Waals surface area (Å²) in [7, 11) is 1.83. The number of nitrogens with two attached hydrogens (primary N) is 1. The largest absolute Gasteiger partial charge is 0.373 e. The molecule has 2 fully saturated rings. The average Bonchev–Trinajstić information content (AvgIpc) is 3.66. The third kappa shape index (κ3) is 5.19. The van der Waals surface area contributed by atoms with Crippen LogP contribution in [0.4, 0.5) is 11.5 Å². The molecule has 1 amide bonds. The van der Waals surface area contributed by atoms with E-state index in [4.69, 9.17) is 5.73 Å². The van der Waals surface area contributed by atoms with Gasteiger partial charge in [0, 0.05) is 63.3 Å². The van der Waals surface area contributed by atoms with Crippen LogP contribution in [-0.2, 0) is 4.79 Å². The van der Waals surface area contributed by atoms with Crippen molar-refractivity contribution in [2.75, 3.05) is 43.4 Å². The van der Waals surface area contributed by atoms with Gasteiger partial charge in [-0.2, -0.15) is 0 Å². The number of aromatic nitrogens is 2. The number of hydrogen-bond donors (Lipinski definition) is 3. The molecule has 0 radical (unpaired) electrons. The Bertz CT molecular complexity index is 1030. The Kier molecular flexibility index (Phi) is 6.90. The summed E-state index contributed by atoms with van der Waals surface area (Å²) in [5, 5.41) is 3.06. The van der Waals surface area contributed by atoms with Crippen molar-refractivity contribution in [1.82, 2.24) is 14.9 Å². The Morgan fingerprint density at radius 3 is 2.94 bits per heavy atom. The number of likely N-dealkylation sites (tertiary alicyclic amines) is 1. The molecule has 2 aromatic heterocycles. The number of hydrogen-bond acceptors (Lipinski definition) is 6. The maximum Gasteiger partial charge on any atom is 0.271 e. The lowest BCUT2D eigenvalue weighted by atomic mass is 10.0. The van der Waals surface area contributed by atoms with E-state index in [2.05, 4.69) is 20.2 Å². The van der Waals surface area contributed by atoms with Crippen molar-refractivity contribution in [2.24, 2.45) is 11.7 Å². The number of amides is 1. The fourth-order valence-electron chi connectivity index (χ4n) is 4.30. The summed E-state index contributed by atoms with van der Waals surface area (Å²) in [6.45, 7) is 2.55. The fraction of sp³-hybridized carbons (Fsp3) is 0.458. The van der Waals surface area contributed by atoms with Crippen LogP contribution in [-0.4, -0.2) is 60.0 Å². The van der Waals surface area contributed by atoms with Crippen LogP contribution in [0.25, 0.3) is 11.1 Å². The summed E-state index contributed by atoms with van der Waals surface area (Å²) >= 11 is 0. The predicted octanol–water partition coefficient (Wildman–Crippen LogP) is 2.20. The van der Waals surface area contributed by atoms with Gasteiger partial charge in [0.1, 0.15) is 11.5 Å². The highest BCUT2D eigenvalue weighted by Crippen LogP contribution is 2.34. The fourth-order valence-corrected chi connectivity index (χ4v) is 4.30. The number of nitrogens with one attached hydrogen (secondary N) is 2. The molecule has 1 atom stereocenters. The minimum atomic E-state index is -0.0937. The van der Waals surface area contributed by atoms with Crippen LogP contribution in [0.15, 0.2) is 47.5 Å². The van der Waals surface area contributed by atoms with Crippen LogP contribution in [0.3, 0.4) is 0 Å². The Hall–Kier alpha value is -3.13. The first-order valence-corrected chi connectivity index (χ1v) is 11.4. The van der Waals surface area contributed by atoms with Crippen LogP contribution in [0.2, 0.25) is 0 Å². The highest BCUT2D eigenvalue weighted by atomic mass is 16.2. The second kappa shape index (κ2) is 9.99. The van der Waals surface area contributed by atoms with Crippen molar-refractivity contribution in [3.8, 4) is 11.1 Å². The van der Waals surface area contributed by atoms with Gasteiger partial charge < -0.3 is 25.8 Å². The SMILES string of the molecule is CNc1cc(-c2c[nH]c(=O)c(N(CC3CC3)[C@H]3CCCN(C(=O)/C=C/CN)C3)c2)ccn1. The lowest BCUT2D eigenvalue weighted by Crippen LogP contribution is -2.51. The third-order valence-electron chi connectivity index (χ3n) is 6.24. The second-order valence-corrected chi connectivity index (χ2v) is 8.60. The first kappa shape index (κ1) is 22.1. The van der Waals surface area contributed by atoms with Crippen molar-refractivity contribution in [1.29, 1.82) is 0 Å². The summed E-state index contributed by atoms with van der Waals surface area (Å²) in [6, 6.07) is 5.99. The van der Waals surface area contributed by atoms with Gasteiger partial charge in [0.2, 0.25) is 5.91 Å². The molecule has 0 spiro atoms. The number of piperidine rings is 1. The standard InChI is InChI=1S/C24H32N6O2/c1-26-22-13-18(8-10-27-22)19-12-21(24(32)28-14-19)30(15-17-6-7-17)20-4-3-11-29(16-20)23(31)5-2-9-25/h2,5,8,10,12-14,17,20H,3-4,6-7,9,11,15-16,25H2,1H3,(H,26,27)(H,28,32)/b5-2+/t20-/m0/s1. The van der Waals surface area contributed by atoms with E-state index in [1.165, 1.54) is 12.8 Å². The normalized spacial score (nSPS) is 18.7. The zero-order valence-corrected chi connectivity index (χ0v) is 18.6. The van der Waals surface area contributed by atoms with E-state index in [1.54, 1.807) is 24.5 Å². The van der Waals surface area contributed by atoms with Gasteiger partial charge in [-0.05, 0) is 55.4 Å². The molecule has 2 aromatic rings. The van der Waals surface area contributed by atoms with Gasteiger partial charge in [0.25, 0.3) is 5.56 Å². The number of anilines is 2. The van der Waals surface area contributed by atoms with Crippen molar-refractivity contribution < 1.29 is 4.79 Å². The first-order chi connectivity index (χ1) is 15.6. The zero-order chi connectivity index (χ0) is 22.5. The van der Waals surface area contributed by atoms with Gasteiger partial charge in [-0.15, -0.1) is 0 Å². The summed E-state index contributed by atoms with van der Waals surface area (Å²) in [4.78, 5) is 36.8. The average molecular weight is 437 g/mol. The number of rotatable bonds is 8. The minimum Gasteiger partial charge on any atom is -0.373 e. The van der Waals surface area contributed by atoms with Crippen LogP contribution < -0.4 is 21.5 Å². The molecule has 0 unspecified atom stereocenters. The van der Waals surface area contributed by atoms with Crippen LogP contribution in [0.1, 0.15) is 25.7 Å². The van der Waals surface area contributed by atoms with Gasteiger partial charge in [-0.1, -0.05) is 6.08 Å². The summed E-state index contributed by atoms with van der Waals surface area (Å²) in [5.41, 5.74) is 8.01. The number of carbonyl (C=O) groups excluding carboxylic acids is 1. The summed E-state index contributed by atoms with van der Waals surface area (Å²) in [6.07, 6.45) is 11.0. The number of pyridine rings is 2. The molecule has 8 heteroatoms. The molecule has 170 valence electrons. The molecule has 32 heavy (non-hydrogen) atoms. The number of carbonyl (C=O) groups is 1.